The summed E-state index contributed by atoms with van der Waals surface area (Å²) in [6, 6.07) is 17.9. The molecule has 0 bridgehead atoms. The monoisotopic (exact) mass is 530 g/mol. The van der Waals surface area contributed by atoms with E-state index in [1.165, 1.54) is 36.4 Å². The Morgan fingerprint density at radius 3 is 1.85 bits per heavy atom. The quantitative estimate of drug-likeness (QED) is 0.209. The lowest BCUT2D eigenvalue weighted by Gasteiger charge is -2.40. The highest BCUT2D eigenvalue weighted by Gasteiger charge is 2.44. The lowest BCUT2D eigenvalue weighted by molar-refractivity contribution is 0.00194. The second kappa shape index (κ2) is 9.30. The van der Waals surface area contributed by atoms with Crippen LogP contribution in [0.15, 0.2) is 72.8 Å². The van der Waals surface area contributed by atoms with Crippen LogP contribution in [0.4, 0.5) is 0 Å². The van der Waals surface area contributed by atoms with Crippen molar-refractivity contribution in [2.24, 2.45) is 0 Å². The first kappa shape index (κ1) is 24.7. The molecule has 5 atom stereocenters. The summed E-state index contributed by atoms with van der Waals surface area (Å²) in [5, 5.41) is 74.1. The molecule has 4 aromatic rings. The summed E-state index contributed by atoms with van der Waals surface area (Å²) in [7, 11) is 0. The van der Waals surface area contributed by atoms with Gasteiger partial charge in [-0.05, 0) is 41.5 Å². The van der Waals surface area contributed by atoms with Crippen LogP contribution in [0.3, 0.4) is 0 Å². The Labute approximate surface area is 223 Å². The number of hydrogen-bond acceptors (Lipinski definition) is 9. The molecule has 2 heterocycles. The molecular formula is C30H26O9. The van der Waals surface area contributed by atoms with Gasteiger partial charge in [0.1, 0.15) is 52.5 Å². The molecule has 0 aliphatic carbocycles. The van der Waals surface area contributed by atoms with E-state index >= 15 is 0 Å². The SMILES string of the molecule is Oc1ccc([C@H]2Oc3cc(O)ccc3[C@@H](c3c(O)cc(O)c4c3O[C@@H](c3ccc(O)cc3)[C@@H](O)C4)[C@@H]2O)cc1. The number of phenolic OH excluding ortho intramolecular Hbond substituents is 5. The van der Waals surface area contributed by atoms with Gasteiger partial charge >= 0.3 is 0 Å². The number of hydrogen-bond donors (Lipinski definition) is 7. The summed E-state index contributed by atoms with van der Waals surface area (Å²) in [5.41, 5.74) is 2.04. The van der Waals surface area contributed by atoms with Crippen LogP contribution in [0, 0.1) is 0 Å². The lowest BCUT2D eigenvalue weighted by atomic mass is 9.78. The molecular weight excluding hydrogens is 504 g/mol. The molecule has 6 rings (SSSR count). The van der Waals surface area contributed by atoms with Gasteiger partial charge in [-0.15, -0.1) is 0 Å². The minimum Gasteiger partial charge on any atom is -0.508 e. The third kappa shape index (κ3) is 4.21. The summed E-state index contributed by atoms with van der Waals surface area (Å²) in [6.07, 6.45) is -4.14. The minimum absolute atomic E-state index is 0.00311. The molecule has 0 saturated heterocycles. The molecule has 9 heteroatoms. The molecule has 0 saturated carbocycles. The number of aliphatic hydroxyl groups excluding tert-OH is 2. The zero-order valence-electron chi connectivity index (χ0n) is 20.5. The Hall–Kier alpha value is -4.60. The molecule has 39 heavy (non-hydrogen) atoms. The van der Waals surface area contributed by atoms with Crippen molar-refractivity contribution in [2.45, 2.75) is 36.8 Å². The first-order valence-corrected chi connectivity index (χ1v) is 12.4. The van der Waals surface area contributed by atoms with Crippen LogP contribution in [0.25, 0.3) is 0 Å². The third-order valence-electron chi connectivity index (χ3n) is 7.38. The van der Waals surface area contributed by atoms with Crippen LogP contribution in [0.5, 0.6) is 40.2 Å². The zero-order valence-corrected chi connectivity index (χ0v) is 20.5. The maximum atomic E-state index is 11.7. The van der Waals surface area contributed by atoms with Gasteiger partial charge in [-0.25, -0.2) is 0 Å². The van der Waals surface area contributed by atoms with Crippen molar-refractivity contribution >= 4 is 0 Å². The average Bonchev–Trinajstić information content (AvgIpc) is 2.91. The molecule has 0 fully saturated rings. The Morgan fingerprint density at radius 1 is 0.615 bits per heavy atom. The molecule has 7 N–H and O–H groups in total. The Balaban J connectivity index is 1.52. The van der Waals surface area contributed by atoms with Crippen LogP contribution < -0.4 is 9.47 Å². The fraction of sp³-hybridized carbons (Fsp3) is 0.200. The van der Waals surface area contributed by atoms with E-state index < -0.39 is 30.3 Å². The van der Waals surface area contributed by atoms with Gasteiger partial charge in [0.15, 0.2) is 6.10 Å². The van der Waals surface area contributed by atoms with Crippen molar-refractivity contribution in [2.75, 3.05) is 0 Å². The normalized spacial score (nSPS) is 23.7. The predicted octanol–water partition coefficient (Wildman–Crippen LogP) is 3.88. The molecule has 0 spiro atoms. The number of aromatic hydroxyl groups is 5. The molecule has 2 aliphatic rings. The predicted molar refractivity (Wildman–Crippen MR) is 138 cm³/mol. The van der Waals surface area contributed by atoms with Gasteiger partial charge in [0, 0.05) is 41.2 Å². The molecule has 0 aromatic heterocycles. The van der Waals surface area contributed by atoms with Crippen LogP contribution >= 0.6 is 0 Å². The highest BCUT2D eigenvalue weighted by molar-refractivity contribution is 5.63. The van der Waals surface area contributed by atoms with Crippen molar-refractivity contribution in [3.63, 3.8) is 0 Å². The highest BCUT2D eigenvalue weighted by atomic mass is 16.5. The van der Waals surface area contributed by atoms with Gasteiger partial charge in [0.25, 0.3) is 0 Å². The first-order valence-electron chi connectivity index (χ1n) is 12.4. The largest absolute Gasteiger partial charge is 0.508 e. The number of benzene rings is 4. The summed E-state index contributed by atoms with van der Waals surface area (Å²) >= 11 is 0. The molecule has 2 aliphatic heterocycles. The second-order valence-corrected chi connectivity index (χ2v) is 9.86. The molecule has 9 nitrogen and oxygen atoms in total. The first-order chi connectivity index (χ1) is 18.7. The summed E-state index contributed by atoms with van der Waals surface area (Å²) in [6.45, 7) is 0. The van der Waals surface area contributed by atoms with E-state index in [0.29, 0.717) is 16.7 Å². The minimum atomic E-state index is -1.27. The van der Waals surface area contributed by atoms with Gasteiger partial charge in [-0.3, -0.25) is 0 Å². The van der Waals surface area contributed by atoms with Crippen molar-refractivity contribution in [3.8, 4) is 40.2 Å². The summed E-state index contributed by atoms with van der Waals surface area (Å²) < 4.78 is 12.4. The van der Waals surface area contributed by atoms with Gasteiger partial charge < -0.3 is 45.2 Å². The molecule has 4 aromatic carbocycles. The highest BCUT2D eigenvalue weighted by Crippen LogP contribution is 2.55. The molecule has 0 amide bonds. The molecule has 0 radical (unpaired) electrons. The van der Waals surface area contributed by atoms with Crippen molar-refractivity contribution < 1.29 is 45.2 Å². The third-order valence-corrected chi connectivity index (χ3v) is 7.38. The Morgan fingerprint density at radius 2 is 1.21 bits per heavy atom. The standard InChI is InChI=1S/C30H26O9/c31-16-5-1-14(2-6-16)28-23(36)12-20-21(34)13-22(35)26(30(20)39-28)25-19-10-9-18(33)11-24(19)38-29(27(25)37)15-3-7-17(32)8-4-15/h1-11,13,23,25,27-29,31-37H,12H2/t23-,25-,27-,28-,29+/m0/s1. The van der Waals surface area contributed by atoms with Crippen LogP contribution in [-0.2, 0) is 6.42 Å². The Bertz CT molecular complexity index is 1530. The smallest absolute Gasteiger partial charge is 0.150 e. The van der Waals surface area contributed by atoms with E-state index in [4.69, 9.17) is 9.47 Å². The van der Waals surface area contributed by atoms with Gasteiger partial charge in [0.05, 0.1) is 6.10 Å². The van der Waals surface area contributed by atoms with E-state index in [2.05, 4.69) is 0 Å². The molecule has 0 unspecified atom stereocenters. The van der Waals surface area contributed by atoms with E-state index in [1.54, 1.807) is 30.3 Å². The van der Waals surface area contributed by atoms with Crippen molar-refractivity contribution in [1.82, 2.24) is 0 Å². The fourth-order valence-electron chi connectivity index (χ4n) is 5.50. The number of fused-ring (bicyclic) bond motifs is 2. The fourth-order valence-corrected chi connectivity index (χ4v) is 5.50. The number of ether oxygens (including phenoxy) is 2. The van der Waals surface area contributed by atoms with Crippen molar-refractivity contribution in [1.29, 1.82) is 0 Å². The van der Waals surface area contributed by atoms with Gasteiger partial charge in [-0.2, -0.15) is 0 Å². The Kier molecular flexibility index (Phi) is 5.90. The maximum Gasteiger partial charge on any atom is 0.150 e. The van der Waals surface area contributed by atoms with E-state index in [1.807, 2.05) is 0 Å². The lowest BCUT2D eigenvalue weighted by Crippen LogP contribution is -2.36. The van der Waals surface area contributed by atoms with Crippen LogP contribution in [-0.4, -0.2) is 48.0 Å². The van der Waals surface area contributed by atoms with Gasteiger partial charge in [0.2, 0.25) is 0 Å². The number of aliphatic hydroxyl groups is 2. The van der Waals surface area contributed by atoms with Crippen LogP contribution in [0.2, 0.25) is 0 Å². The number of rotatable bonds is 3. The van der Waals surface area contributed by atoms with E-state index in [9.17, 15) is 35.7 Å². The average molecular weight is 531 g/mol. The van der Waals surface area contributed by atoms with Crippen LogP contribution in [0.1, 0.15) is 45.9 Å². The van der Waals surface area contributed by atoms with E-state index in [-0.39, 0.29) is 57.8 Å². The maximum absolute atomic E-state index is 11.7. The molecule has 200 valence electrons. The van der Waals surface area contributed by atoms with Gasteiger partial charge in [-0.1, -0.05) is 30.3 Å². The summed E-state index contributed by atoms with van der Waals surface area (Å²) in [4.78, 5) is 0. The summed E-state index contributed by atoms with van der Waals surface area (Å²) in [5.74, 6) is -1.11. The zero-order chi connectivity index (χ0) is 27.4. The van der Waals surface area contributed by atoms with E-state index in [0.717, 1.165) is 6.07 Å². The van der Waals surface area contributed by atoms with Crippen molar-refractivity contribution in [3.05, 3.63) is 101 Å². The number of phenols is 5. The topological polar surface area (TPSA) is 160 Å². The second-order valence-electron chi connectivity index (χ2n) is 9.86.